The lowest BCUT2D eigenvalue weighted by Gasteiger charge is -2.09. The van der Waals surface area contributed by atoms with E-state index < -0.39 is 5.56 Å². The van der Waals surface area contributed by atoms with Crippen molar-refractivity contribution in [2.45, 2.75) is 5.03 Å². The number of thiol groups is 1. The lowest BCUT2D eigenvalue weighted by atomic mass is 9.95. The van der Waals surface area contributed by atoms with Gasteiger partial charge in [0.05, 0.1) is 10.6 Å². The Morgan fingerprint density at radius 2 is 1.62 bits per heavy atom. The van der Waals surface area contributed by atoms with E-state index in [1.54, 1.807) is 24.5 Å². The Bertz CT molecular complexity index is 1040. The number of nitrogens with one attached hydrogen (secondary N) is 1. The highest BCUT2D eigenvalue weighted by Gasteiger charge is 2.17. The normalized spacial score (nSPS) is 9.96. The Hall–Kier alpha value is -3.35. The molecule has 24 heavy (non-hydrogen) atoms. The zero-order chi connectivity index (χ0) is 17.1. The van der Waals surface area contributed by atoms with Gasteiger partial charge in [0.15, 0.2) is 0 Å². The fourth-order valence-electron chi connectivity index (χ4n) is 2.46. The number of rotatable bonds is 2. The molecule has 0 radical (unpaired) electrons. The first-order valence-electron chi connectivity index (χ1n) is 6.96. The van der Waals surface area contributed by atoms with Crippen LogP contribution in [-0.4, -0.2) is 9.97 Å². The molecule has 2 aromatic heterocycles. The van der Waals surface area contributed by atoms with Crippen LogP contribution in [0.4, 0.5) is 0 Å². The molecule has 3 aromatic rings. The zero-order valence-electron chi connectivity index (χ0n) is 12.3. The van der Waals surface area contributed by atoms with Crippen LogP contribution in [-0.2, 0) is 0 Å². The third-order valence-electron chi connectivity index (χ3n) is 3.59. The molecule has 0 saturated carbocycles. The predicted octanol–water partition coefficient (Wildman–Crippen LogP) is 3.14. The van der Waals surface area contributed by atoms with Crippen LogP contribution >= 0.6 is 12.6 Å². The maximum atomic E-state index is 12.0. The van der Waals surface area contributed by atoms with Gasteiger partial charge in [-0.05, 0) is 22.8 Å². The first-order valence-corrected chi connectivity index (χ1v) is 7.40. The highest BCUT2D eigenvalue weighted by molar-refractivity contribution is 7.80. The van der Waals surface area contributed by atoms with Gasteiger partial charge in [0.25, 0.3) is 5.56 Å². The minimum Gasteiger partial charge on any atom is -0.315 e. The molecule has 1 N–H and O–H groups in total. The van der Waals surface area contributed by atoms with Crippen molar-refractivity contribution in [1.29, 1.82) is 10.5 Å². The lowest BCUT2D eigenvalue weighted by Crippen LogP contribution is -2.14. The number of H-pyrrole nitrogens is 1. The van der Waals surface area contributed by atoms with Gasteiger partial charge in [-0.25, -0.2) is 0 Å². The van der Waals surface area contributed by atoms with Crippen LogP contribution in [0.2, 0.25) is 0 Å². The molecule has 0 saturated heterocycles. The minimum absolute atomic E-state index is 0.0986. The number of pyridine rings is 2. The van der Waals surface area contributed by atoms with Crippen LogP contribution < -0.4 is 5.56 Å². The van der Waals surface area contributed by atoms with Gasteiger partial charge in [-0.3, -0.25) is 9.78 Å². The lowest BCUT2D eigenvalue weighted by molar-refractivity contribution is 1.06. The van der Waals surface area contributed by atoms with E-state index in [4.69, 9.17) is 0 Å². The van der Waals surface area contributed by atoms with E-state index in [1.807, 2.05) is 36.4 Å². The van der Waals surface area contributed by atoms with Crippen LogP contribution in [0.1, 0.15) is 11.1 Å². The monoisotopic (exact) mass is 330 g/mol. The van der Waals surface area contributed by atoms with E-state index in [-0.39, 0.29) is 16.2 Å². The van der Waals surface area contributed by atoms with Crippen molar-refractivity contribution in [3.05, 3.63) is 70.3 Å². The molecule has 0 aliphatic heterocycles. The summed E-state index contributed by atoms with van der Waals surface area (Å²) in [5.41, 5.74) is 2.31. The van der Waals surface area contributed by atoms with Crippen molar-refractivity contribution >= 4 is 12.6 Å². The smallest absolute Gasteiger partial charge is 0.267 e. The summed E-state index contributed by atoms with van der Waals surface area (Å²) in [4.78, 5) is 18.5. The molecule has 0 fully saturated rings. The van der Waals surface area contributed by atoms with Gasteiger partial charge in [0.2, 0.25) is 0 Å². The van der Waals surface area contributed by atoms with Crippen molar-refractivity contribution in [2.75, 3.05) is 0 Å². The van der Waals surface area contributed by atoms with Crippen molar-refractivity contribution in [1.82, 2.24) is 9.97 Å². The maximum Gasteiger partial charge on any atom is 0.267 e. The molecular weight excluding hydrogens is 320 g/mol. The summed E-state index contributed by atoms with van der Waals surface area (Å²) in [6, 6.07) is 14.9. The topological polar surface area (TPSA) is 93.3 Å². The summed E-state index contributed by atoms with van der Waals surface area (Å²) < 4.78 is 0. The molecule has 6 heteroatoms. The van der Waals surface area contributed by atoms with Crippen molar-refractivity contribution < 1.29 is 0 Å². The number of hydrogen-bond acceptors (Lipinski definition) is 5. The summed E-state index contributed by atoms with van der Waals surface area (Å²) in [7, 11) is 0. The van der Waals surface area contributed by atoms with E-state index >= 15 is 0 Å². The first-order chi connectivity index (χ1) is 11.7. The second-order valence-corrected chi connectivity index (χ2v) is 5.42. The summed E-state index contributed by atoms with van der Waals surface area (Å²) in [5, 5.41) is 18.8. The van der Waals surface area contributed by atoms with Crippen molar-refractivity contribution in [3.63, 3.8) is 0 Å². The van der Waals surface area contributed by atoms with Gasteiger partial charge in [-0.1, -0.05) is 30.3 Å². The van der Waals surface area contributed by atoms with E-state index in [0.717, 1.165) is 11.1 Å². The molecule has 3 rings (SSSR count). The highest BCUT2D eigenvalue weighted by atomic mass is 32.1. The molecule has 0 bridgehead atoms. The third kappa shape index (κ3) is 2.67. The Labute approximate surface area is 143 Å². The molecular formula is C18H10N4OS. The maximum absolute atomic E-state index is 12.0. The van der Waals surface area contributed by atoms with Crippen molar-refractivity contribution in [3.8, 4) is 34.4 Å². The van der Waals surface area contributed by atoms with Gasteiger partial charge in [-0.15, -0.1) is 12.6 Å². The predicted molar refractivity (Wildman–Crippen MR) is 92.4 cm³/mol. The molecule has 0 aliphatic rings. The molecule has 114 valence electrons. The first kappa shape index (κ1) is 15.5. The van der Waals surface area contributed by atoms with Crippen LogP contribution in [0.5, 0.6) is 0 Å². The number of hydrogen-bond donors (Lipinski definition) is 2. The second-order valence-electron chi connectivity index (χ2n) is 4.97. The minimum atomic E-state index is -0.562. The number of nitrogens with zero attached hydrogens (tertiary/aromatic N) is 3. The van der Waals surface area contributed by atoms with Crippen molar-refractivity contribution in [2.24, 2.45) is 0 Å². The Balaban J connectivity index is 2.19. The average molecular weight is 330 g/mol. The summed E-state index contributed by atoms with van der Waals surface area (Å²) >= 11 is 4.14. The number of nitriles is 2. The Morgan fingerprint density at radius 1 is 0.958 bits per heavy atom. The molecule has 1 aromatic carbocycles. The molecule has 0 amide bonds. The highest BCUT2D eigenvalue weighted by Crippen LogP contribution is 2.30. The largest absolute Gasteiger partial charge is 0.315 e. The second kappa shape index (κ2) is 6.41. The number of benzene rings is 1. The number of aromatic nitrogens is 2. The van der Waals surface area contributed by atoms with Gasteiger partial charge < -0.3 is 4.98 Å². The molecule has 0 spiro atoms. The standard InChI is InChI=1S/C18H10N4OS/c19-8-14-16(15(9-20)18(24)22-17(14)23)12-5-3-11(4-6-12)13-2-1-7-21-10-13/h1-7,10H,(H2,22,23,24). The summed E-state index contributed by atoms with van der Waals surface area (Å²) in [6.07, 6.45) is 3.44. The summed E-state index contributed by atoms with van der Waals surface area (Å²) in [6.45, 7) is 0. The van der Waals surface area contributed by atoms with E-state index in [2.05, 4.69) is 22.6 Å². The van der Waals surface area contributed by atoms with E-state index in [9.17, 15) is 15.3 Å². The van der Waals surface area contributed by atoms with Crippen LogP contribution in [0.25, 0.3) is 22.3 Å². The fraction of sp³-hybridized carbons (Fsp3) is 0. The van der Waals surface area contributed by atoms with Crippen LogP contribution in [0.3, 0.4) is 0 Å². The van der Waals surface area contributed by atoms with Crippen LogP contribution in [0.15, 0.2) is 58.6 Å². The van der Waals surface area contributed by atoms with Gasteiger partial charge >= 0.3 is 0 Å². The average Bonchev–Trinajstić information content (AvgIpc) is 2.62. The van der Waals surface area contributed by atoms with Gasteiger partial charge in [0, 0.05) is 18.0 Å². The third-order valence-corrected chi connectivity index (χ3v) is 3.92. The Kier molecular flexibility index (Phi) is 4.15. The quantitative estimate of drug-likeness (QED) is 0.706. The SMILES string of the molecule is N#Cc1c(S)[nH]c(=O)c(C#N)c1-c1ccc(-c2cccnc2)cc1. The van der Waals surface area contributed by atoms with Gasteiger partial charge in [-0.2, -0.15) is 10.5 Å². The summed E-state index contributed by atoms with van der Waals surface area (Å²) in [5.74, 6) is 0. The van der Waals surface area contributed by atoms with Crippen LogP contribution in [0, 0.1) is 22.7 Å². The number of aromatic amines is 1. The molecule has 2 heterocycles. The molecule has 0 aliphatic carbocycles. The fourth-order valence-corrected chi connectivity index (χ4v) is 2.72. The molecule has 0 atom stereocenters. The Morgan fingerprint density at radius 3 is 2.21 bits per heavy atom. The molecule has 5 nitrogen and oxygen atoms in total. The van der Waals surface area contributed by atoms with Gasteiger partial charge in [0.1, 0.15) is 17.7 Å². The van der Waals surface area contributed by atoms with E-state index in [0.29, 0.717) is 11.1 Å². The molecule has 0 unspecified atom stereocenters. The zero-order valence-corrected chi connectivity index (χ0v) is 13.2. The van der Waals surface area contributed by atoms with E-state index in [1.165, 1.54) is 0 Å².